The number of nitrogens with zero attached hydrogens (tertiary/aromatic N) is 1. The molecule has 1 saturated heterocycles. The van der Waals surface area contributed by atoms with Crippen LogP contribution in [0.1, 0.15) is 25.3 Å². The molecular formula is C19H31N3O2. The van der Waals surface area contributed by atoms with E-state index in [-0.39, 0.29) is 11.8 Å². The van der Waals surface area contributed by atoms with Gasteiger partial charge in [0, 0.05) is 25.6 Å². The molecule has 1 aliphatic heterocycles. The Morgan fingerprint density at radius 1 is 1.29 bits per heavy atom. The Labute approximate surface area is 145 Å². The van der Waals surface area contributed by atoms with Crippen molar-refractivity contribution in [3.05, 3.63) is 29.8 Å². The molecule has 0 saturated carbocycles. The van der Waals surface area contributed by atoms with E-state index in [9.17, 15) is 4.79 Å². The second-order valence-electron chi connectivity index (χ2n) is 6.77. The van der Waals surface area contributed by atoms with Crippen LogP contribution in [0.25, 0.3) is 0 Å². The summed E-state index contributed by atoms with van der Waals surface area (Å²) in [4.78, 5) is 14.5. The summed E-state index contributed by atoms with van der Waals surface area (Å²) >= 11 is 0. The summed E-state index contributed by atoms with van der Waals surface area (Å²) in [7, 11) is 3.57. The molecule has 0 aliphatic carbocycles. The zero-order valence-electron chi connectivity index (χ0n) is 15.2. The molecule has 24 heavy (non-hydrogen) atoms. The Balaban J connectivity index is 1.68. The molecule has 1 aromatic carbocycles. The van der Waals surface area contributed by atoms with E-state index in [0.717, 1.165) is 51.3 Å². The van der Waals surface area contributed by atoms with E-state index < -0.39 is 0 Å². The fraction of sp³-hybridized carbons (Fsp3) is 0.632. The molecule has 0 radical (unpaired) electrons. The highest BCUT2D eigenvalue weighted by Crippen LogP contribution is 2.19. The van der Waals surface area contributed by atoms with Crippen molar-refractivity contribution in [1.82, 2.24) is 15.5 Å². The van der Waals surface area contributed by atoms with Gasteiger partial charge in [-0.05, 0) is 56.6 Å². The van der Waals surface area contributed by atoms with E-state index in [1.165, 1.54) is 5.56 Å². The molecule has 134 valence electrons. The average molecular weight is 333 g/mol. The number of methoxy groups -OCH3 is 1. The van der Waals surface area contributed by atoms with Crippen LogP contribution in [0.15, 0.2) is 24.3 Å². The average Bonchev–Trinajstić information content (AvgIpc) is 2.61. The fourth-order valence-corrected chi connectivity index (χ4v) is 3.16. The number of carbonyl (C=O) groups excluding carboxylic acids is 1. The highest BCUT2D eigenvalue weighted by Gasteiger charge is 2.20. The Bertz CT molecular complexity index is 496. The Kier molecular flexibility index (Phi) is 7.53. The van der Waals surface area contributed by atoms with Crippen molar-refractivity contribution in [2.45, 2.75) is 26.3 Å². The topological polar surface area (TPSA) is 53.6 Å². The van der Waals surface area contributed by atoms with Gasteiger partial charge in [0.15, 0.2) is 0 Å². The normalized spacial score (nSPS) is 17.5. The summed E-state index contributed by atoms with van der Waals surface area (Å²) in [5.74, 6) is 1.69. The van der Waals surface area contributed by atoms with Crippen molar-refractivity contribution in [2.24, 2.45) is 11.8 Å². The summed E-state index contributed by atoms with van der Waals surface area (Å²) < 4.78 is 5.20. The van der Waals surface area contributed by atoms with Gasteiger partial charge >= 0.3 is 0 Å². The lowest BCUT2D eigenvalue weighted by Crippen LogP contribution is -2.40. The lowest BCUT2D eigenvalue weighted by molar-refractivity contribution is -0.124. The van der Waals surface area contributed by atoms with Crippen LogP contribution >= 0.6 is 0 Å². The number of rotatable bonds is 8. The Morgan fingerprint density at radius 3 is 2.54 bits per heavy atom. The van der Waals surface area contributed by atoms with Crippen molar-refractivity contribution in [3.63, 3.8) is 0 Å². The first kappa shape index (κ1) is 18.7. The number of likely N-dealkylation sites (tertiary alicyclic amines) is 1. The number of nitrogens with one attached hydrogen (secondary N) is 2. The first-order valence-corrected chi connectivity index (χ1v) is 8.90. The molecule has 1 aromatic rings. The van der Waals surface area contributed by atoms with Crippen molar-refractivity contribution in [3.8, 4) is 5.75 Å². The van der Waals surface area contributed by atoms with E-state index in [4.69, 9.17) is 4.74 Å². The van der Waals surface area contributed by atoms with Gasteiger partial charge in [-0.1, -0.05) is 19.1 Å². The maximum Gasteiger partial charge on any atom is 0.224 e. The number of carbonyl (C=O) groups is 1. The molecule has 0 bridgehead atoms. The summed E-state index contributed by atoms with van der Waals surface area (Å²) in [6, 6.07) is 8.30. The standard InChI is InChI=1S/C19H31N3O2/c1-15(12-20-2)19(23)21-13-16-8-10-22(11-9-16)14-17-4-6-18(24-3)7-5-17/h4-7,15-16,20H,8-14H2,1-3H3,(H,21,23). The van der Waals surface area contributed by atoms with E-state index in [0.29, 0.717) is 5.92 Å². The molecular weight excluding hydrogens is 302 g/mol. The van der Waals surface area contributed by atoms with Gasteiger partial charge in [-0.2, -0.15) is 0 Å². The van der Waals surface area contributed by atoms with Crippen LogP contribution in [0.4, 0.5) is 0 Å². The number of piperidine rings is 1. The van der Waals surface area contributed by atoms with Crippen LogP contribution in [-0.2, 0) is 11.3 Å². The van der Waals surface area contributed by atoms with E-state index in [2.05, 4.69) is 27.7 Å². The van der Waals surface area contributed by atoms with Crippen LogP contribution in [0.2, 0.25) is 0 Å². The Morgan fingerprint density at radius 2 is 1.96 bits per heavy atom. The molecule has 0 aromatic heterocycles. The third-order valence-corrected chi connectivity index (χ3v) is 4.80. The van der Waals surface area contributed by atoms with Crippen LogP contribution in [0, 0.1) is 11.8 Å². The van der Waals surface area contributed by atoms with Crippen molar-refractivity contribution in [1.29, 1.82) is 0 Å². The zero-order chi connectivity index (χ0) is 17.4. The fourth-order valence-electron chi connectivity index (χ4n) is 3.16. The van der Waals surface area contributed by atoms with E-state index in [1.54, 1.807) is 7.11 Å². The zero-order valence-corrected chi connectivity index (χ0v) is 15.2. The number of benzene rings is 1. The largest absolute Gasteiger partial charge is 0.497 e. The third kappa shape index (κ3) is 5.80. The predicted molar refractivity (Wildman–Crippen MR) is 97.1 cm³/mol. The smallest absolute Gasteiger partial charge is 0.224 e. The minimum atomic E-state index is 0.0326. The second kappa shape index (κ2) is 9.64. The lowest BCUT2D eigenvalue weighted by Gasteiger charge is -2.32. The minimum Gasteiger partial charge on any atom is -0.497 e. The van der Waals surface area contributed by atoms with Gasteiger partial charge in [-0.15, -0.1) is 0 Å². The number of amides is 1. The molecule has 1 fully saturated rings. The van der Waals surface area contributed by atoms with Crippen LogP contribution in [0.3, 0.4) is 0 Å². The maximum absolute atomic E-state index is 12.0. The summed E-state index contributed by atoms with van der Waals surface area (Å²) in [6.07, 6.45) is 2.30. The molecule has 1 amide bonds. The van der Waals surface area contributed by atoms with Crippen molar-refractivity contribution in [2.75, 3.05) is 40.3 Å². The molecule has 2 rings (SSSR count). The molecule has 1 heterocycles. The molecule has 0 spiro atoms. The second-order valence-corrected chi connectivity index (χ2v) is 6.77. The predicted octanol–water partition coefficient (Wildman–Crippen LogP) is 1.88. The highest BCUT2D eigenvalue weighted by molar-refractivity contribution is 5.78. The quantitative estimate of drug-likeness (QED) is 0.763. The molecule has 5 heteroatoms. The van der Waals surface area contributed by atoms with Gasteiger partial charge in [0.05, 0.1) is 7.11 Å². The summed E-state index contributed by atoms with van der Waals surface area (Å²) in [6.45, 7) is 6.68. The van der Waals surface area contributed by atoms with E-state index in [1.807, 2.05) is 26.1 Å². The number of ether oxygens (including phenoxy) is 1. The molecule has 2 N–H and O–H groups in total. The van der Waals surface area contributed by atoms with Crippen molar-refractivity contribution < 1.29 is 9.53 Å². The lowest BCUT2D eigenvalue weighted by atomic mass is 9.96. The van der Waals surface area contributed by atoms with Crippen LogP contribution in [0.5, 0.6) is 5.75 Å². The third-order valence-electron chi connectivity index (χ3n) is 4.80. The van der Waals surface area contributed by atoms with E-state index >= 15 is 0 Å². The van der Waals surface area contributed by atoms with Gasteiger partial charge in [-0.25, -0.2) is 0 Å². The van der Waals surface area contributed by atoms with Crippen molar-refractivity contribution >= 4 is 5.91 Å². The summed E-state index contributed by atoms with van der Waals surface area (Å²) in [5.41, 5.74) is 1.32. The van der Waals surface area contributed by atoms with Gasteiger partial charge in [0.25, 0.3) is 0 Å². The van der Waals surface area contributed by atoms with Crippen LogP contribution in [-0.4, -0.2) is 51.1 Å². The van der Waals surface area contributed by atoms with Gasteiger partial charge in [-0.3, -0.25) is 9.69 Å². The number of hydrogen-bond donors (Lipinski definition) is 2. The number of hydrogen-bond acceptors (Lipinski definition) is 4. The molecule has 5 nitrogen and oxygen atoms in total. The van der Waals surface area contributed by atoms with Gasteiger partial charge in [0.2, 0.25) is 5.91 Å². The monoisotopic (exact) mass is 333 g/mol. The minimum absolute atomic E-state index is 0.0326. The first-order chi connectivity index (χ1) is 11.6. The first-order valence-electron chi connectivity index (χ1n) is 8.90. The van der Waals surface area contributed by atoms with Gasteiger partial charge in [0.1, 0.15) is 5.75 Å². The maximum atomic E-state index is 12.0. The van der Waals surface area contributed by atoms with Crippen LogP contribution < -0.4 is 15.4 Å². The molecule has 1 unspecified atom stereocenters. The molecule has 1 aliphatic rings. The Hall–Kier alpha value is -1.59. The molecule has 1 atom stereocenters. The highest BCUT2D eigenvalue weighted by atomic mass is 16.5. The SMILES string of the molecule is CNCC(C)C(=O)NCC1CCN(Cc2ccc(OC)cc2)CC1. The van der Waals surface area contributed by atoms with Gasteiger partial charge < -0.3 is 15.4 Å². The summed E-state index contributed by atoms with van der Waals surface area (Å²) in [5, 5.41) is 6.15.